The summed E-state index contributed by atoms with van der Waals surface area (Å²) in [6, 6.07) is 18.6. The van der Waals surface area contributed by atoms with E-state index < -0.39 is 0 Å². The van der Waals surface area contributed by atoms with Gasteiger partial charge in [-0.2, -0.15) is 0 Å². The van der Waals surface area contributed by atoms with Crippen molar-refractivity contribution in [3.8, 4) is 17.6 Å². The molecule has 0 bridgehead atoms. The first kappa shape index (κ1) is 17.5. The molecule has 0 amide bonds. The minimum absolute atomic E-state index is 0.107. The van der Waals surface area contributed by atoms with Crippen LogP contribution in [0.1, 0.15) is 22.4 Å². The van der Waals surface area contributed by atoms with Crippen LogP contribution in [0.15, 0.2) is 71.7 Å². The molecule has 0 saturated heterocycles. The first-order valence-corrected chi connectivity index (χ1v) is 9.57. The fourth-order valence-corrected chi connectivity index (χ4v) is 3.81. The smallest absolute Gasteiger partial charge is 0.251 e. The Balaban J connectivity index is 1.78. The molecule has 0 fully saturated rings. The molecule has 0 unspecified atom stereocenters. The van der Waals surface area contributed by atoms with Crippen molar-refractivity contribution in [2.24, 2.45) is 0 Å². The van der Waals surface area contributed by atoms with Crippen LogP contribution in [-0.2, 0) is 13.2 Å². The lowest BCUT2D eigenvalue weighted by Crippen LogP contribution is -2.23. The highest BCUT2D eigenvalue weighted by Crippen LogP contribution is 2.36. The zero-order chi connectivity index (χ0) is 19.8. The highest BCUT2D eigenvalue weighted by Gasteiger charge is 2.20. The molecule has 2 aromatic carbocycles. The molecule has 4 aromatic rings. The van der Waals surface area contributed by atoms with Gasteiger partial charge in [-0.15, -0.1) is 0 Å². The fraction of sp³-hybridized carbons (Fsp3) is 0.0833. The average Bonchev–Trinajstić information content (AvgIpc) is 2.73. The van der Waals surface area contributed by atoms with E-state index in [1.54, 1.807) is 29.0 Å². The molecule has 1 aliphatic heterocycles. The first-order chi connectivity index (χ1) is 14.2. The molecule has 29 heavy (non-hydrogen) atoms. The number of hydrogen-bond acceptors (Lipinski definition) is 3. The summed E-state index contributed by atoms with van der Waals surface area (Å²) in [5, 5.41) is 1.30. The third-order valence-electron chi connectivity index (χ3n) is 4.98. The van der Waals surface area contributed by atoms with E-state index in [9.17, 15) is 4.79 Å². The minimum atomic E-state index is -0.107. The lowest BCUT2D eigenvalue weighted by molar-refractivity contribution is 0.303. The van der Waals surface area contributed by atoms with Crippen LogP contribution in [0.25, 0.3) is 10.9 Å². The van der Waals surface area contributed by atoms with Crippen molar-refractivity contribution in [3.63, 3.8) is 0 Å². The summed E-state index contributed by atoms with van der Waals surface area (Å²) in [6.07, 6.45) is 1.70. The molecular formula is C24H15ClN2O2. The van der Waals surface area contributed by atoms with E-state index in [1.165, 1.54) is 0 Å². The molecule has 0 N–H and O–H groups in total. The zero-order valence-electron chi connectivity index (χ0n) is 15.4. The average molecular weight is 399 g/mol. The predicted octanol–water partition coefficient (Wildman–Crippen LogP) is 4.39. The maximum atomic E-state index is 12.7. The van der Waals surface area contributed by atoms with Crippen LogP contribution in [0.3, 0.4) is 0 Å². The van der Waals surface area contributed by atoms with Crippen LogP contribution in [0.4, 0.5) is 0 Å². The second kappa shape index (κ2) is 7.12. The van der Waals surface area contributed by atoms with Crippen molar-refractivity contribution < 1.29 is 4.74 Å². The number of pyridine rings is 2. The van der Waals surface area contributed by atoms with E-state index in [0.29, 0.717) is 40.7 Å². The number of nitrogens with zero attached hydrogens (tertiary/aromatic N) is 2. The van der Waals surface area contributed by atoms with Crippen LogP contribution < -0.4 is 10.3 Å². The molecule has 0 spiro atoms. The number of aromatic nitrogens is 2. The Kier molecular flexibility index (Phi) is 4.31. The molecule has 140 valence electrons. The van der Waals surface area contributed by atoms with Crippen molar-refractivity contribution in [2.75, 3.05) is 0 Å². The monoisotopic (exact) mass is 398 g/mol. The van der Waals surface area contributed by atoms with Crippen LogP contribution in [0.2, 0.25) is 5.02 Å². The molecule has 4 nitrogen and oxygen atoms in total. The topological polar surface area (TPSA) is 44.1 Å². The Morgan fingerprint density at radius 2 is 1.83 bits per heavy atom. The molecular weight excluding hydrogens is 384 g/mol. The molecule has 0 aliphatic carbocycles. The van der Waals surface area contributed by atoms with Gasteiger partial charge >= 0.3 is 0 Å². The quantitative estimate of drug-likeness (QED) is 0.413. The molecule has 5 heteroatoms. The summed E-state index contributed by atoms with van der Waals surface area (Å²) in [4.78, 5) is 17.0. The maximum Gasteiger partial charge on any atom is 0.251 e. The van der Waals surface area contributed by atoms with E-state index in [0.717, 1.165) is 16.5 Å². The van der Waals surface area contributed by atoms with Gasteiger partial charge in [-0.3, -0.25) is 4.79 Å². The van der Waals surface area contributed by atoms with Gasteiger partial charge in [0.15, 0.2) is 5.75 Å². The highest BCUT2D eigenvalue weighted by atomic mass is 35.5. The lowest BCUT2D eigenvalue weighted by Gasteiger charge is -2.22. The van der Waals surface area contributed by atoms with Crippen molar-refractivity contribution in [3.05, 3.63) is 105 Å². The third-order valence-corrected chi connectivity index (χ3v) is 5.29. The van der Waals surface area contributed by atoms with E-state index in [4.69, 9.17) is 16.3 Å². The van der Waals surface area contributed by atoms with Crippen molar-refractivity contribution in [1.82, 2.24) is 9.55 Å². The van der Waals surface area contributed by atoms with E-state index in [-0.39, 0.29) is 5.56 Å². The number of benzene rings is 2. The summed E-state index contributed by atoms with van der Waals surface area (Å²) >= 11 is 6.56. The number of rotatable bonds is 0. The second-order valence-corrected chi connectivity index (χ2v) is 7.18. The lowest BCUT2D eigenvalue weighted by atomic mass is 10.0. The first-order valence-electron chi connectivity index (χ1n) is 9.19. The number of hydrogen-bond donors (Lipinski definition) is 0. The van der Waals surface area contributed by atoms with Crippen LogP contribution in [-0.4, -0.2) is 9.55 Å². The number of ether oxygens (including phenoxy) is 1. The van der Waals surface area contributed by atoms with Gasteiger partial charge in [0, 0.05) is 17.6 Å². The van der Waals surface area contributed by atoms with Gasteiger partial charge in [-0.25, -0.2) is 4.98 Å². The Morgan fingerprint density at radius 1 is 1.00 bits per heavy atom. The molecule has 0 radical (unpaired) electrons. The largest absolute Gasteiger partial charge is 0.485 e. The van der Waals surface area contributed by atoms with Crippen LogP contribution >= 0.6 is 11.6 Å². The van der Waals surface area contributed by atoms with Gasteiger partial charge in [0.2, 0.25) is 0 Å². The van der Waals surface area contributed by atoms with Crippen molar-refractivity contribution >= 4 is 22.5 Å². The third kappa shape index (κ3) is 3.16. The van der Waals surface area contributed by atoms with Gasteiger partial charge < -0.3 is 9.30 Å². The van der Waals surface area contributed by atoms with E-state index in [2.05, 4.69) is 16.8 Å². The maximum absolute atomic E-state index is 12.7. The summed E-state index contributed by atoms with van der Waals surface area (Å²) in [5.74, 6) is 6.75. The minimum Gasteiger partial charge on any atom is -0.485 e. The van der Waals surface area contributed by atoms with E-state index in [1.807, 2.05) is 42.5 Å². The van der Waals surface area contributed by atoms with E-state index >= 15 is 0 Å². The predicted molar refractivity (Wildman–Crippen MR) is 113 cm³/mol. The van der Waals surface area contributed by atoms with Crippen LogP contribution in [0, 0.1) is 11.8 Å². The molecule has 0 saturated carbocycles. The van der Waals surface area contributed by atoms with Gasteiger partial charge in [0.25, 0.3) is 5.56 Å². The normalized spacial score (nSPS) is 12.2. The van der Waals surface area contributed by atoms with Crippen molar-refractivity contribution in [1.29, 1.82) is 0 Å². The summed E-state index contributed by atoms with van der Waals surface area (Å²) < 4.78 is 7.92. The van der Waals surface area contributed by atoms with Gasteiger partial charge in [-0.1, -0.05) is 47.9 Å². The summed E-state index contributed by atoms with van der Waals surface area (Å²) in [5.41, 5.74) is 3.94. The zero-order valence-corrected chi connectivity index (χ0v) is 16.1. The fourth-order valence-electron chi connectivity index (χ4n) is 3.55. The van der Waals surface area contributed by atoms with Gasteiger partial charge in [0.1, 0.15) is 12.3 Å². The molecule has 1 aliphatic rings. The Labute approximate surface area is 172 Å². The number of fused-ring (bicyclic) bond motifs is 1. The summed E-state index contributed by atoms with van der Waals surface area (Å²) in [6.45, 7) is 0.852. The second-order valence-electron chi connectivity index (χ2n) is 6.78. The summed E-state index contributed by atoms with van der Waals surface area (Å²) in [7, 11) is 0. The number of halogens is 1. The standard InChI is InChI=1S/C24H15ClN2O2/c25-21-13-16(8-9-19-7-3-4-12-26-19)24-23-20(21)10-11-22(28)27(23)14-17-5-1-2-6-18(17)15-29-24/h1-7,10-13H,14-15H2. The molecule has 2 aromatic heterocycles. The Bertz CT molecular complexity index is 1370. The van der Waals surface area contributed by atoms with Gasteiger partial charge in [0.05, 0.1) is 22.6 Å². The molecule has 5 rings (SSSR count). The van der Waals surface area contributed by atoms with Crippen molar-refractivity contribution in [2.45, 2.75) is 13.2 Å². The molecule has 3 heterocycles. The SMILES string of the molecule is O=c1ccc2c(Cl)cc(C#Cc3ccccn3)c3c2n1Cc1ccccc1CO3. The van der Waals surface area contributed by atoms with Gasteiger partial charge in [-0.05, 0) is 41.3 Å². The Morgan fingerprint density at radius 3 is 2.66 bits per heavy atom. The molecule has 0 atom stereocenters. The highest BCUT2D eigenvalue weighted by molar-refractivity contribution is 6.35. The van der Waals surface area contributed by atoms with Crippen LogP contribution in [0.5, 0.6) is 5.75 Å². The Hall–Kier alpha value is -3.55.